The second kappa shape index (κ2) is 9.43. The summed E-state index contributed by atoms with van der Waals surface area (Å²) in [6, 6.07) is 7.20. The van der Waals surface area contributed by atoms with Crippen LogP contribution in [0.25, 0.3) is 0 Å². The van der Waals surface area contributed by atoms with E-state index in [2.05, 4.69) is 10.6 Å². The summed E-state index contributed by atoms with van der Waals surface area (Å²) in [7, 11) is 0. The topological polar surface area (TPSA) is 84.2 Å². The van der Waals surface area contributed by atoms with Crippen molar-refractivity contribution in [3.05, 3.63) is 35.4 Å². The number of nitrogens with one attached hydrogen (secondary N) is 2. The highest BCUT2D eigenvalue weighted by Crippen LogP contribution is 2.10. The fourth-order valence-electron chi connectivity index (χ4n) is 2.10. The molecule has 0 saturated carbocycles. The van der Waals surface area contributed by atoms with Crippen molar-refractivity contribution in [1.29, 1.82) is 0 Å². The Hall–Kier alpha value is -1.59. The number of carbonyl (C=O) groups is 2. The van der Waals surface area contributed by atoms with Gasteiger partial charge in [-0.15, -0.1) is 12.4 Å². The molecule has 4 N–H and O–H groups in total. The van der Waals surface area contributed by atoms with Gasteiger partial charge >= 0.3 is 0 Å². The van der Waals surface area contributed by atoms with Crippen LogP contribution in [0, 0.1) is 0 Å². The van der Waals surface area contributed by atoms with Crippen molar-refractivity contribution in [3.8, 4) is 0 Å². The van der Waals surface area contributed by atoms with Crippen molar-refractivity contribution in [2.75, 3.05) is 6.54 Å². The molecular formula is C16H26ClN3O2. The predicted octanol–water partition coefficient (Wildman–Crippen LogP) is 1.99. The number of halogens is 1. The molecule has 2 amide bonds. The average molecular weight is 328 g/mol. The largest absolute Gasteiger partial charge is 0.352 e. The van der Waals surface area contributed by atoms with Crippen LogP contribution < -0.4 is 16.4 Å². The zero-order valence-electron chi connectivity index (χ0n) is 13.4. The summed E-state index contributed by atoms with van der Waals surface area (Å²) in [5.74, 6) is -0.284. The van der Waals surface area contributed by atoms with Crippen LogP contribution in [0.2, 0.25) is 0 Å². The standard InChI is InChI=1S/C16H25N3O2.ClH/c1-4-9-16(3,17)15(21)19-11-12-7-6-8-13(10-12)14(20)18-5-2;/h6-8,10H,4-5,9,11,17H2,1-3H3,(H,18,20)(H,19,21);1H. The van der Waals surface area contributed by atoms with E-state index in [-0.39, 0.29) is 24.2 Å². The molecule has 22 heavy (non-hydrogen) atoms. The maximum Gasteiger partial charge on any atom is 0.251 e. The lowest BCUT2D eigenvalue weighted by atomic mass is 9.96. The monoisotopic (exact) mass is 327 g/mol. The van der Waals surface area contributed by atoms with E-state index in [0.29, 0.717) is 25.1 Å². The molecule has 1 aromatic rings. The maximum absolute atomic E-state index is 12.0. The van der Waals surface area contributed by atoms with Gasteiger partial charge in [-0.3, -0.25) is 9.59 Å². The van der Waals surface area contributed by atoms with Gasteiger partial charge in [0.1, 0.15) is 0 Å². The molecule has 0 heterocycles. The molecule has 0 aromatic heterocycles. The van der Waals surface area contributed by atoms with Crippen molar-refractivity contribution >= 4 is 24.2 Å². The highest BCUT2D eigenvalue weighted by molar-refractivity contribution is 5.94. The summed E-state index contributed by atoms with van der Waals surface area (Å²) in [5.41, 5.74) is 6.59. The van der Waals surface area contributed by atoms with E-state index in [1.54, 1.807) is 25.1 Å². The van der Waals surface area contributed by atoms with Crippen LogP contribution in [0.5, 0.6) is 0 Å². The molecule has 0 aliphatic carbocycles. The van der Waals surface area contributed by atoms with Gasteiger partial charge in [-0.25, -0.2) is 0 Å². The first-order valence-corrected chi connectivity index (χ1v) is 7.35. The van der Waals surface area contributed by atoms with Gasteiger partial charge in [0.25, 0.3) is 5.91 Å². The van der Waals surface area contributed by atoms with Crippen molar-refractivity contribution in [1.82, 2.24) is 10.6 Å². The van der Waals surface area contributed by atoms with Gasteiger partial charge in [0.05, 0.1) is 5.54 Å². The minimum absolute atomic E-state index is 0. The number of carbonyl (C=O) groups excluding carboxylic acids is 2. The molecule has 124 valence electrons. The van der Waals surface area contributed by atoms with E-state index >= 15 is 0 Å². The zero-order valence-corrected chi connectivity index (χ0v) is 14.3. The Balaban J connectivity index is 0.00000441. The number of hydrogen-bond acceptors (Lipinski definition) is 3. The normalized spacial score (nSPS) is 12.7. The first kappa shape index (κ1) is 20.4. The van der Waals surface area contributed by atoms with E-state index in [9.17, 15) is 9.59 Å². The van der Waals surface area contributed by atoms with Gasteiger partial charge in [-0.2, -0.15) is 0 Å². The Labute approximate surface area is 138 Å². The first-order chi connectivity index (χ1) is 9.90. The summed E-state index contributed by atoms with van der Waals surface area (Å²) in [4.78, 5) is 23.8. The summed E-state index contributed by atoms with van der Waals surface area (Å²) < 4.78 is 0. The molecule has 1 unspecified atom stereocenters. The lowest BCUT2D eigenvalue weighted by Crippen LogP contribution is -2.51. The predicted molar refractivity (Wildman–Crippen MR) is 91.0 cm³/mol. The van der Waals surface area contributed by atoms with Crippen LogP contribution in [0.4, 0.5) is 0 Å². The SMILES string of the molecule is CCCC(C)(N)C(=O)NCc1cccc(C(=O)NCC)c1.Cl. The molecule has 1 rings (SSSR count). The number of hydrogen-bond donors (Lipinski definition) is 3. The molecule has 1 aromatic carbocycles. The van der Waals surface area contributed by atoms with Crippen molar-refractivity contribution in [2.24, 2.45) is 5.73 Å². The molecule has 0 bridgehead atoms. The first-order valence-electron chi connectivity index (χ1n) is 7.35. The van der Waals surface area contributed by atoms with Gasteiger partial charge in [-0.1, -0.05) is 25.5 Å². The minimum atomic E-state index is -0.855. The molecule has 0 fully saturated rings. The number of amides is 2. The second-order valence-electron chi connectivity index (χ2n) is 5.41. The van der Waals surface area contributed by atoms with Crippen LogP contribution in [-0.2, 0) is 11.3 Å². The quantitative estimate of drug-likeness (QED) is 0.716. The van der Waals surface area contributed by atoms with E-state index in [1.165, 1.54) is 0 Å². The van der Waals surface area contributed by atoms with Gasteiger partial charge in [-0.05, 0) is 38.0 Å². The molecule has 1 atom stereocenters. The van der Waals surface area contributed by atoms with Crippen LogP contribution in [0.15, 0.2) is 24.3 Å². The molecule has 0 radical (unpaired) electrons. The fraction of sp³-hybridized carbons (Fsp3) is 0.500. The van der Waals surface area contributed by atoms with Crippen molar-refractivity contribution in [2.45, 2.75) is 45.7 Å². The Kier molecular flexibility index (Phi) is 8.75. The second-order valence-corrected chi connectivity index (χ2v) is 5.41. The Morgan fingerprint density at radius 3 is 2.50 bits per heavy atom. The van der Waals surface area contributed by atoms with Crippen LogP contribution >= 0.6 is 12.4 Å². The van der Waals surface area contributed by atoms with E-state index in [0.717, 1.165) is 12.0 Å². The van der Waals surface area contributed by atoms with Gasteiger partial charge < -0.3 is 16.4 Å². The van der Waals surface area contributed by atoms with Gasteiger partial charge in [0, 0.05) is 18.7 Å². The number of rotatable bonds is 7. The average Bonchev–Trinajstić information content (AvgIpc) is 2.45. The summed E-state index contributed by atoms with van der Waals surface area (Å²) >= 11 is 0. The Bertz CT molecular complexity index is 504. The third kappa shape index (κ3) is 6.03. The lowest BCUT2D eigenvalue weighted by Gasteiger charge is -2.22. The third-order valence-electron chi connectivity index (χ3n) is 3.27. The molecule has 0 spiro atoms. The highest BCUT2D eigenvalue weighted by Gasteiger charge is 2.26. The smallest absolute Gasteiger partial charge is 0.251 e. The van der Waals surface area contributed by atoms with Crippen LogP contribution in [0.1, 0.15) is 49.5 Å². The summed E-state index contributed by atoms with van der Waals surface area (Å²) in [6.45, 7) is 6.55. The van der Waals surface area contributed by atoms with Crippen LogP contribution in [0.3, 0.4) is 0 Å². The minimum Gasteiger partial charge on any atom is -0.352 e. The summed E-state index contributed by atoms with van der Waals surface area (Å²) in [6.07, 6.45) is 1.49. The maximum atomic E-state index is 12.0. The van der Waals surface area contributed by atoms with E-state index in [1.807, 2.05) is 19.9 Å². The molecule has 6 heteroatoms. The molecule has 0 saturated heterocycles. The number of benzene rings is 1. The summed E-state index contributed by atoms with van der Waals surface area (Å²) in [5, 5.41) is 5.58. The molecule has 0 aliphatic heterocycles. The number of nitrogens with two attached hydrogens (primary N) is 1. The molecule has 5 nitrogen and oxygen atoms in total. The van der Waals surface area contributed by atoms with Crippen molar-refractivity contribution in [3.63, 3.8) is 0 Å². The third-order valence-corrected chi connectivity index (χ3v) is 3.27. The Morgan fingerprint density at radius 1 is 1.23 bits per heavy atom. The highest BCUT2D eigenvalue weighted by atomic mass is 35.5. The van der Waals surface area contributed by atoms with Crippen molar-refractivity contribution < 1.29 is 9.59 Å². The lowest BCUT2D eigenvalue weighted by molar-refractivity contribution is -0.126. The Morgan fingerprint density at radius 2 is 1.91 bits per heavy atom. The van der Waals surface area contributed by atoms with Crippen LogP contribution in [-0.4, -0.2) is 23.9 Å². The molecule has 0 aliphatic rings. The fourth-order valence-corrected chi connectivity index (χ4v) is 2.10. The van der Waals surface area contributed by atoms with Gasteiger partial charge in [0.2, 0.25) is 5.91 Å². The van der Waals surface area contributed by atoms with E-state index in [4.69, 9.17) is 5.73 Å². The molecular weight excluding hydrogens is 302 g/mol. The van der Waals surface area contributed by atoms with E-state index < -0.39 is 5.54 Å². The van der Waals surface area contributed by atoms with Gasteiger partial charge in [0.15, 0.2) is 0 Å². The zero-order chi connectivity index (χ0) is 15.9.